The second kappa shape index (κ2) is 6.72. The van der Waals surface area contributed by atoms with Gasteiger partial charge in [-0.15, -0.1) is 0 Å². The first-order chi connectivity index (χ1) is 9.48. The van der Waals surface area contributed by atoms with Crippen LogP contribution in [0.4, 0.5) is 0 Å². The molecule has 0 spiro atoms. The first kappa shape index (κ1) is 15.5. The van der Waals surface area contributed by atoms with Crippen LogP contribution in [0.1, 0.15) is 30.9 Å². The number of likely N-dealkylation sites (N-methyl/N-ethyl adjacent to an activating group) is 1. The monoisotopic (exact) mass is 295 g/mol. The Hall–Kier alpha value is -0.870. The van der Waals surface area contributed by atoms with Crippen LogP contribution < -0.4 is 5.32 Å². The fraction of sp³-hybridized carbons (Fsp3) is 0.625. The van der Waals surface area contributed by atoms with E-state index in [9.17, 15) is 8.42 Å². The van der Waals surface area contributed by atoms with Crippen LogP contribution in [-0.2, 0) is 16.3 Å². The minimum atomic E-state index is -2.76. The van der Waals surface area contributed by atoms with E-state index in [2.05, 4.69) is 43.4 Å². The summed E-state index contributed by atoms with van der Waals surface area (Å²) in [6, 6.07) is 8.95. The summed E-state index contributed by atoms with van der Waals surface area (Å²) in [5.41, 5.74) is 2.61. The minimum Gasteiger partial charge on any atom is -0.314 e. The summed E-state index contributed by atoms with van der Waals surface area (Å²) in [4.78, 5) is 0. The number of sulfone groups is 1. The Kier molecular flexibility index (Phi) is 5.22. The average Bonchev–Trinajstić information content (AvgIpc) is 2.69. The number of nitrogens with one attached hydrogen (secondary N) is 1. The van der Waals surface area contributed by atoms with Crippen LogP contribution >= 0.6 is 0 Å². The molecule has 1 aromatic rings. The van der Waals surface area contributed by atoms with Crippen LogP contribution in [-0.4, -0.2) is 32.5 Å². The molecule has 1 fully saturated rings. The predicted octanol–water partition coefficient (Wildman–Crippen LogP) is 2.34. The van der Waals surface area contributed by atoms with Crippen LogP contribution in [0.5, 0.6) is 0 Å². The van der Waals surface area contributed by atoms with Crippen molar-refractivity contribution >= 4 is 9.84 Å². The summed E-state index contributed by atoms with van der Waals surface area (Å²) in [7, 11) is -2.76. The first-order valence-electron chi connectivity index (χ1n) is 7.48. The number of hydrogen-bond donors (Lipinski definition) is 1. The molecule has 3 nitrogen and oxygen atoms in total. The zero-order valence-corrected chi connectivity index (χ0v) is 13.2. The van der Waals surface area contributed by atoms with Gasteiger partial charge >= 0.3 is 0 Å². The maximum Gasteiger partial charge on any atom is 0.150 e. The molecule has 2 unspecified atom stereocenters. The summed E-state index contributed by atoms with van der Waals surface area (Å²) in [6.45, 7) is 5.14. The Labute approximate surface area is 122 Å². The first-order valence-corrected chi connectivity index (χ1v) is 9.30. The molecule has 0 saturated carbocycles. The fourth-order valence-corrected chi connectivity index (χ4v) is 4.99. The highest BCUT2D eigenvalue weighted by Crippen LogP contribution is 2.24. The SMILES string of the molecule is CCNC(Cc1cccc(C)c1)CC1CCS(=O)(=O)C1. The lowest BCUT2D eigenvalue weighted by Gasteiger charge is -2.21. The van der Waals surface area contributed by atoms with Crippen LogP contribution in [0, 0.1) is 12.8 Å². The van der Waals surface area contributed by atoms with Gasteiger partial charge in [0.05, 0.1) is 11.5 Å². The molecule has 2 rings (SSSR count). The molecule has 0 aromatic heterocycles. The third-order valence-corrected chi connectivity index (χ3v) is 5.84. The Morgan fingerprint density at radius 2 is 2.20 bits per heavy atom. The van der Waals surface area contributed by atoms with E-state index in [1.54, 1.807) is 0 Å². The van der Waals surface area contributed by atoms with E-state index in [0.717, 1.165) is 25.8 Å². The molecule has 1 aliphatic rings. The standard InChI is InChI=1S/C16H25NO2S/c1-3-17-16(10-14-6-4-5-13(2)9-14)11-15-7-8-20(18,19)12-15/h4-6,9,15-17H,3,7-8,10-12H2,1-2H3. The van der Waals surface area contributed by atoms with E-state index in [0.29, 0.717) is 23.5 Å². The van der Waals surface area contributed by atoms with E-state index in [4.69, 9.17) is 0 Å². The Morgan fingerprint density at radius 1 is 1.40 bits per heavy atom. The molecular formula is C16H25NO2S. The topological polar surface area (TPSA) is 46.2 Å². The van der Waals surface area contributed by atoms with Crippen molar-refractivity contribution in [2.75, 3.05) is 18.1 Å². The van der Waals surface area contributed by atoms with Crippen LogP contribution in [0.2, 0.25) is 0 Å². The van der Waals surface area contributed by atoms with Gasteiger partial charge in [-0.25, -0.2) is 8.42 Å². The molecule has 1 heterocycles. The minimum absolute atomic E-state index is 0.328. The highest BCUT2D eigenvalue weighted by Gasteiger charge is 2.29. The second-order valence-electron chi connectivity index (χ2n) is 5.95. The van der Waals surface area contributed by atoms with Gasteiger partial charge < -0.3 is 5.32 Å². The summed E-state index contributed by atoms with van der Waals surface area (Å²) in [5.74, 6) is 1.08. The van der Waals surface area contributed by atoms with Gasteiger partial charge in [-0.2, -0.15) is 0 Å². The average molecular weight is 295 g/mol. The smallest absolute Gasteiger partial charge is 0.150 e. The van der Waals surface area contributed by atoms with Gasteiger partial charge in [-0.1, -0.05) is 36.8 Å². The van der Waals surface area contributed by atoms with Crippen molar-refractivity contribution in [3.8, 4) is 0 Å². The van der Waals surface area contributed by atoms with Crippen molar-refractivity contribution in [1.82, 2.24) is 5.32 Å². The van der Waals surface area contributed by atoms with Crippen LogP contribution in [0.25, 0.3) is 0 Å². The van der Waals surface area contributed by atoms with Gasteiger partial charge in [0.2, 0.25) is 0 Å². The summed E-state index contributed by atoms with van der Waals surface area (Å²) in [5, 5.41) is 3.51. The molecule has 20 heavy (non-hydrogen) atoms. The van der Waals surface area contributed by atoms with Crippen LogP contribution in [0.3, 0.4) is 0 Å². The molecule has 1 aromatic carbocycles. The van der Waals surface area contributed by atoms with Crippen molar-refractivity contribution in [2.45, 2.75) is 39.2 Å². The molecule has 1 aliphatic heterocycles. The third kappa shape index (κ3) is 4.60. The van der Waals surface area contributed by atoms with E-state index < -0.39 is 9.84 Å². The summed E-state index contributed by atoms with van der Waals surface area (Å²) < 4.78 is 23.1. The quantitative estimate of drug-likeness (QED) is 0.876. The van der Waals surface area contributed by atoms with E-state index in [1.165, 1.54) is 11.1 Å². The Balaban J connectivity index is 1.97. The maximum atomic E-state index is 11.6. The number of hydrogen-bond acceptors (Lipinski definition) is 3. The molecule has 1 saturated heterocycles. The van der Waals surface area contributed by atoms with Gasteiger partial charge in [-0.3, -0.25) is 0 Å². The number of rotatable bonds is 6. The van der Waals surface area contributed by atoms with Gasteiger partial charge in [0.1, 0.15) is 0 Å². The Bertz CT molecular complexity index is 539. The lowest BCUT2D eigenvalue weighted by atomic mass is 9.94. The zero-order valence-electron chi connectivity index (χ0n) is 12.4. The van der Waals surface area contributed by atoms with E-state index in [-0.39, 0.29) is 0 Å². The van der Waals surface area contributed by atoms with Crippen molar-refractivity contribution in [2.24, 2.45) is 5.92 Å². The van der Waals surface area contributed by atoms with Gasteiger partial charge in [0.25, 0.3) is 0 Å². The third-order valence-electron chi connectivity index (χ3n) is 4.00. The highest BCUT2D eigenvalue weighted by atomic mass is 32.2. The maximum absolute atomic E-state index is 11.6. The second-order valence-corrected chi connectivity index (χ2v) is 8.18. The van der Waals surface area contributed by atoms with Gasteiger partial charge in [0.15, 0.2) is 9.84 Å². The summed E-state index contributed by atoms with van der Waals surface area (Å²) in [6.07, 6.45) is 2.77. The highest BCUT2D eigenvalue weighted by molar-refractivity contribution is 7.91. The zero-order chi connectivity index (χ0) is 14.6. The molecule has 4 heteroatoms. The molecular weight excluding hydrogens is 270 g/mol. The van der Waals surface area contributed by atoms with Crippen molar-refractivity contribution in [1.29, 1.82) is 0 Å². The fourth-order valence-electron chi connectivity index (χ4n) is 3.11. The summed E-state index contributed by atoms with van der Waals surface area (Å²) >= 11 is 0. The number of aryl methyl sites for hydroxylation is 1. The molecule has 0 bridgehead atoms. The lowest BCUT2D eigenvalue weighted by molar-refractivity contribution is 0.409. The largest absolute Gasteiger partial charge is 0.314 e. The molecule has 0 aliphatic carbocycles. The molecule has 0 radical (unpaired) electrons. The Morgan fingerprint density at radius 3 is 2.80 bits per heavy atom. The predicted molar refractivity (Wildman–Crippen MR) is 83.7 cm³/mol. The van der Waals surface area contributed by atoms with Crippen LogP contribution in [0.15, 0.2) is 24.3 Å². The van der Waals surface area contributed by atoms with Crippen molar-refractivity contribution in [3.63, 3.8) is 0 Å². The normalized spacial score (nSPS) is 22.8. The van der Waals surface area contributed by atoms with E-state index in [1.807, 2.05) is 0 Å². The van der Waals surface area contributed by atoms with Crippen molar-refractivity contribution < 1.29 is 8.42 Å². The number of benzene rings is 1. The van der Waals surface area contributed by atoms with Gasteiger partial charge in [-0.05, 0) is 44.2 Å². The molecule has 2 atom stereocenters. The molecule has 112 valence electrons. The van der Waals surface area contributed by atoms with E-state index >= 15 is 0 Å². The van der Waals surface area contributed by atoms with Crippen molar-refractivity contribution in [3.05, 3.63) is 35.4 Å². The lowest BCUT2D eigenvalue weighted by Crippen LogP contribution is -2.33. The van der Waals surface area contributed by atoms with Gasteiger partial charge in [0, 0.05) is 6.04 Å². The molecule has 0 amide bonds. The molecule has 1 N–H and O–H groups in total.